The number of rotatable bonds is 0. The third-order valence-electron chi connectivity index (χ3n) is 1.98. The fourth-order valence-corrected chi connectivity index (χ4v) is 1.40. The molecule has 0 aliphatic rings. The summed E-state index contributed by atoms with van der Waals surface area (Å²) >= 11 is 5.65. The molecule has 0 aliphatic heterocycles. The van der Waals surface area contributed by atoms with Crippen molar-refractivity contribution in [3.63, 3.8) is 0 Å². The Bertz CT molecular complexity index is 527. The smallest absolute Gasteiger partial charge is 0.293 e. The van der Waals surface area contributed by atoms with Gasteiger partial charge in [-0.1, -0.05) is 11.6 Å². The number of hydrogen-bond donors (Lipinski definition) is 0. The Morgan fingerprint density at radius 2 is 2.00 bits per heavy atom. The maximum absolute atomic E-state index is 11.4. The second-order valence-corrected chi connectivity index (χ2v) is 3.16. The van der Waals surface area contributed by atoms with Gasteiger partial charge in [-0.15, -0.1) is 10.2 Å². The summed E-state index contributed by atoms with van der Waals surface area (Å²) in [6.07, 6.45) is 0. The minimum Gasteiger partial charge on any atom is -0.293 e. The molecule has 0 N–H and O–H groups in total. The summed E-state index contributed by atoms with van der Waals surface area (Å²) in [4.78, 5) is 11.4. The van der Waals surface area contributed by atoms with Gasteiger partial charge in [-0.3, -0.25) is 9.13 Å². The number of imidazole rings is 1. The summed E-state index contributed by atoms with van der Waals surface area (Å²) in [5, 5.41) is 7.77. The fourth-order valence-electron chi connectivity index (χ4n) is 1.26. The highest BCUT2D eigenvalue weighted by Gasteiger charge is 2.09. The fraction of sp³-hybridized carbons (Fsp3) is 0.286. The molecule has 0 amide bonds. The molecule has 13 heavy (non-hydrogen) atoms. The Morgan fingerprint density at radius 3 is 2.69 bits per heavy atom. The molecule has 0 spiro atoms. The highest BCUT2D eigenvalue weighted by molar-refractivity contribution is 6.29. The molecular weight excluding hydrogens is 192 g/mol. The highest BCUT2D eigenvalue weighted by atomic mass is 35.5. The van der Waals surface area contributed by atoms with Crippen molar-refractivity contribution in [3.05, 3.63) is 21.7 Å². The van der Waals surface area contributed by atoms with Crippen molar-refractivity contribution >= 4 is 22.8 Å². The van der Waals surface area contributed by atoms with E-state index in [2.05, 4.69) is 10.2 Å². The van der Waals surface area contributed by atoms with Gasteiger partial charge in [0.15, 0.2) is 10.8 Å². The van der Waals surface area contributed by atoms with Gasteiger partial charge in [-0.25, -0.2) is 4.79 Å². The van der Waals surface area contributed by atoms with Crippen LogP contribution in [0.2, 0.25) is 5.15 Å². The second-order valence-electron chi connectivity index (χ2n) is 2.78. The van der Waals surface area contributed by atoms with Crippen LogP contribution in [0.3, 0.4) is 0 Å². The van der Waals surface area contributed by atoms with E-state index in [-0.39, 0.29) is 10.8 Å². The van der Waals surface area contributed by atoms with Crippen LogP contribution in [0.4, 0.5) is 0 Å². The molecule has 6 heteroatoms. The molecular formula is C7H7ClN4O. The molecule has 0 saturated heterocycles. The first-order valence-corrected chi connectivity index (χ1v) is 4.03. The number of nitrogens with zero attached hydrogens (tertiary/aromatic N) is 4. The molecule has 0 radical (unpaired) electrons. The average molecular weight is 199 g/mol. The van der Waals surface area contributed by atoms with Crippen LogP contribution >= 0.6 is 11.6 Å². The van der Waals surface area contributed by atoms with Crippen molar-refractivity contribution < 1.29 is 0 Å². The van der Waals surface area contributed by atoms with Crippen molar-refractivity contribution in [1.29, 1.82) is 0 Å². The van der Waals surface area contributed by atoms with Crippen LogP contribution in [-0.2, 0) is 14.1 Å². The third kappa shape index (κ3) is 1.04. The first kappa shape index (κ1) is 8.25. The Kier molecular flexibility index (Phi) is 1.63. The number of hydrogen-bond acceptors (Lipinski definition) is 3. The minimum absolute atomic E-state index is 0.133. The Balaban J connectivity index is 3.04. The van der Waals surface area contributed by atoms with E-state index in [1.165, 1.54) is 9.13 Å². The predicted octanol–water partition coefficient (Wildman–Crippen LogP) is 0.320. The van der Waals surface area contributed by atoms with Crippen LogP contribution in [-0.4, -0.2) is 19.3 Å². The van der Waals surface area contributed by atoms with Gasteiger partial charge in [0.2, 0.25) is 0 Å². The summed E-state index contributed by atoms with van der Waals surface area (Å²) < 4.78 is 2.91. The van der Waals surface area contributed by atoms with Gasteiger partial charge < -0.3 is 0 Å². The monoisotopic (exact) mass is 198 g/mol. The number of fused-ring (bicyclic) bond motifs is 1. The van der Waals surface area contributed by atoms with Crippen LogP contribution in [0.1, 0.15) is 0 Å². The molecule has 2 aromatic rings. The second kappa shape index (κ2) is 2.56. The number of aromatic nitrogens is 4. The zero-order valence-corrected chi connectivity index (χ0v) is 7.91. The summed E-state index contributed by atoms with van der Waals surface area (Å²) in [6, 6.07) is 1.62. The highest BCUT2D eigenvalue weighted by Crippen LogP contribution is 2.11. The van der Waals surface area contributed by atoms with Crippen molar-refractivity contribution in [1.82, 2.24) is 19.3 Å². The molecule has 0 fully saturated rings. The number of aryl methyl sites for hydroxylation is 2. The maximum atomic E-state index is 11.4. The lowest BCUT2D eigenvalue weighted by Gasteiger charge is -1.91. The lowest BCUT2D eigenvalue weighted by molar-refractivity contribution is 0.789. The molecule has 2 rings (SSSR count). The van der Waals surface area contributed by atoms with Gasteiger partial charge in [0.05, 0.1) is 5.52 Å². The van der Waals surface area contributed by atoms with E-state index >= 15 is 0 Å². The normalized spacial score (nSPS) is 11.0. The van der Waals surface area contributed by atoms with Gasteiger partial charge in [0.1, 0.15) is 0 Å². The van der Waals surface area contributed by atoms with Crippen LogP contribution < -0.4 is 5.69 Å². The first-order valence-electron chi connectivity index (χ1n) is 3.66. The lowest BCUT2D eigenvalue weighted by atomic mass is 10.5. The summed E-state index contributed by atoms with van der Waals surface area (Å²) in [5.41, 5.74) is 1.09. The van der Waals surface area contributed by atoms with E-state index in [0.29, 0.717) is 11.2 Å². The van der Waals surface area contributed by atoms with Gasteiger partial charge in [0.25, 0.3) is 0 Å². The van der Waals surface area contributed by atoms with Crippen molar-refractivity contribution in [2.45, 2.75) is 0 Å². The number of halogens is 1. The molecule has 2 heterocycles. The third-order valence-corrected chi connectivity index (χ3v) is 2.16. The standard InChI is InChI=1S/C7H7ClN4O/c1-11-4-3-5(8)9-10-6(4)12(2)7(11)13/h3H,1-2H3. The Hall–Kier alpha value is -1.36. The molecule has 68 valence electrons. The lowest BCUT2D eigenvalue weighted by Crippen LogP contribution is -2.19. The van der Waals surface area contributed by atoms with Gasteiger partial charge in [0, 0.05) is 20.2 Å². The largest absolute Gasteiger partial charge is 0.329 e. The zero-order chi connectivity index (χ0) is 9.59. The first-order chi connectivity index (χ1) is 6.11. The zero-order valence-electron chi connectivity index (χ0n) is 7.15. The predicted molar refractivity (Wildman–Crippen MR) is 48.8 cm³/mol. The van der Waals surface area contributed by atoms with Crippen molar-refractivity contribution in [3.8, 4) is 0 Å². The molecule has 0 unspecified atom stereocenters. The molecule has 0 saturated carbocycles. The van der Waals surface area contributed by atoms with Crippen LogP contribution in [0.5, 0.6) is 0 Å². The average Bonchev–Trinajstić information content (AvgIpc) is 2.32. The summed E-state index contributed by atoms with van der Waals surface area (Å²) in [6.45, 7) is 0. The van der Waals surface area contributed by atoms with Crippen LogP contribution in [0, 0.1) is 0 Å². The van der Waals surface area contributed by atoms with E-state index in [1.807, 2.05) is 0 Å². The van der Waals surface area contributed by atoms with Gasteiger partial charge in [-0.2, -0.15) is 0 Å². The summed E-state index contributed by atoms with van der Waals surface area (Å²) in [5.74, 6) is 0. The molecule has 5 nitrogen and oxygen atoms in total. The van der Waals surface area contributed by atoms with Crippen molar-refractivity contribution in [2.75, 3.05) is 0 Å². The van der Waals surface area contributed by atoms with Crippen LogP contribution in [0.15, 0.2) is 10.9 Å². The van der Waals surface area contributed by atoms with E-state index in [0.717, 1.165) is 0 Å². The van der Waals surface area contributed by atoms with Gasteiger partial charge >= 0.3 is 5.69 Å². The quantitative estimate of drug-likeness (QED) is 0.613. The minimum atomic E-state index is -0.133. The Morgan fingerprint density at radius 1 is 1.31 bits per heavy atom. The molecule has 0 aromatic carbocycles. The molecule has 0 atom stereocenters. The molecule has 0 aliphatic carbocycles. The summed E-state index contributed by atoms with van der Waals surface area (Å²) in [7, 11) is 3.32. The van der Waals surface area contributed by atoms with Crippen LogP contribution in [0.25, 0.3) is 11.2 Å². The van der Waals surface area contributed by atoms with E-state index in [4.69, 9.17) is 11.6 Å². The molecule has 0 bridgehead atoms. The molecule has 2 aromatic heterocycles. The Labute approximate surface area is 78.6 Å². The topological polar surface area (TPSA) is 52.7 Å². The van der Waals surface area contributed by atoms with E-state index < -0.39 is 0 Å². The SMILES string of the molecule is Cn1c(=O)n(C)c2nnc(Cl)cc21. The van der Waals surface area contributed by atoms with Crippen molar-refractivity contribution in [2.24, 2.45) is 14.1 Å². The van der Waals surface area contributed by atoms with E-state index in [9.17, 15) is 4.79 Å². The van der Waals surface area contributed by atoms with Gasteiger partial charge in [-0.05, 0) is 0 Å². The van der Waals surface area contributed by atoms with E-state index in [1.54, 1.807) is 20.2 Å². The maximum Gasteiger partial charge on any atom is 0.329 e.